The molecule has 3 N–H and O–H groups in total. The zero-order chi connectivity index (χ0) is 16.2. The van der Waals surface area contributed by atoms with Crippen molar-refractivity contribution in [3.63, 3.8) is 0 Å². The third kappa shape index (κ3) is 3.98. The Morgan fingerprint density at radius 3 is 2.82 bits per heavy atom. The van der Waals surface area contributed by atoms with Gasteiger partial charge in [0.25, 0.3) is 0 Å². The van der Waals surface area contributed by atoms with Crippen LogP contribution in [0.3, 0.4) is 0 Å². The molecule has 7 heteroatoms. The van der Waals surface area contributed by atoms with Crippen LogP contribution in [0.1, 0.15) is 22.7 Å². The maximum absolute atomic E-state index is 12.8. The van der Waals surface area contributed by atoms with Gasteiger partial charge in [-0.05, 0) is 23.3 Å². The van der Waals surface area contributed by atoms with Gasteiger partial charge < -0.3 is 15.8 Å². The van der Waals surface area contributed by atoms with Crippen molar-refractivity contribution in [1.29, 1.82) is 0 Å². The summed E-state index contributed by atoms with van der Waals surface area (Å²) in [5.41, 5.74) is 6.44. The van der Waals surface area contributed by atoms with Crippen molar-refractivity contribution in [2.45, 2.75) is 18.8 Å². The third-order valence-corrected chi connectivity index (χ3v) is 3.99. The molecule has 0 spiro atoms. The lowest BCUT2D eigenvalue weighted by molar-refractivity contribution is -0.137. The number of nitrogens with zero attached hydrogens (tertiary/aromatic N) is 1. The molecule has 4 nitrogen and oxygen atoms in total. The largest absolute Gasteiger partial charge is 0.416 e. The molecule has 0 radical (unpaired) electrons. The van der Waals surface area contributed by atoms with Crippen molar-refractivity contribution < 1.29 is 17.9 Å². The fourth-order valence-corrected chi connectivity index (χ4v) is 2.81. The molecule has 1 unspecified atom stereocenters. The number of methoxy groups -OCH3 is 1. The summed E-state index contributed by atoms with van der Waals surface area (Å²) >= 11 is 0. The van der Waals surface area contributed by atoms with Crippen LogP contribution in [-0.2, 0) is 17.5 Å². The summed E-state index contributed by atoms with van der Waals surface area (Å²) in [4.78, 5) is 2.22. The molecule has 22 heavy (non-hydrogen) atoms. The van der Waals surface area contributed by atoms with E-state index in [4.69, 9.17) is 10.5 Å². The summed E-state index contributed by atoms with van der Waals surface area (Å²) in [5, 5.41) is 3.29. The molecule has 1 aromatic carbocycles. The molecule has 1 atom stereocenters. The molecule has 0 aromatic heterocycles. The lowest BCUT2D eigenvalue weighted by atomic mass is 9.95. The van der Waals surface area contributed by atoms with Gasteiger partial charge in [-0.25, -0.2) is 0 Å². The van der Waals surface area contributed by atoms with Crippen molar-refractivity contribution >= 4 is 0 Å². The number of piperazine rings is 1. The summed E-state index contributed by atoms with van der Waals surface area (Å²) in [6.07, 6.45) is -4.34. The van der Waals surface area contributed by atoms with Gasteiger partial charge in [-0.3, -0.25) is 4.90 Å². The highest BCUT2D eigenvalue weighted by molar-refractivity contribution is 5.36. The fourth-order valence-electron chi connectivity index (χ4n) is 2.81. The van der Waals surface area contributed by atoms with E-state index in [1.54, 1.807) is 13.2 Å². The molecule has 1 heterocycles. The number of benzene rings is 1. The summed E-state index contributed by atoms with van der Waals surface area (Å²) in [6, 6.07) is 3.88. The van der Waals surface area contributed by atoms with Crippen LogP contribution < -0.4 is 11.1 Å². The first-order valence-electron chi connectivity index (χ1n) is 7.31. The maximum Gasteiger partial charge on any atom is 0.416 e. The average molecular weight is 317 g/mol. The minimum absolute atomic E-state index is 0.0183. The summed E-state index contributed by atoms with van der Waals surface area (Å²) in [5.74, 6) is 0. The summed E-state index contributed by atoms with van der Waals surface area (Å²) < 4.78 is 43.6. The summed E-state index contributed by atoms with van der Waals surface area (Å²) in [6.45, 7) is 3.82. The number of hydrogen-bond acceptors (Lipinski definition) is 4. The van der Waals surface area contributed by atoms with Crippen molar-refractivity contribution in [3.8, 4) is 0 Å². The molecule has 1 fully saturated rings. The normalized spacial score (nSPS) is 20.3. The molecular formula is C15H22F3N3O. The van der Waals surface area contributed by atoms with Gasteiger partial charge in [0.15, 0.2) is 0 Å². The van der Waals surface area contributed by atoms with Crippen LogP contribution in [0.15, 0.2) is 18.2 Å². The smallest absolute Gasteiger partial charge is 0.383 e. The molecule has 2 rings (SSSR count). The van der Waals surface area contributed by atoms with Crippen LogP contribution in [0, 0.1) is 0 Å². The zero-order valence-corrected chi connectivity index (χ0v) is 12.6. The first-order valence-corrected chi connectivity index (χ1v) is 7.31. The van der Waals surface area contributed by atoms with Gasteiger partial charge in [0.1, 0.15) is 0 Å². The number of hydrogen-bond donors (Lipinski definition) is 2. The fraction of sp³-hybridized carbons (Fsp3) is 0.600. The van der Waals surface area contributed by atoms with Crippen LogP contribution >= 0.6 is 0 Å². The number of ether oxygens (including phenoxy) is 1. The summed E-state index contributed by atoms with van der Waals surface area (Å²) in [7, 11) is 1.64. The lowest BCUT2D eigenvalue weighted by Gasteiger charge is -2.37. The minimum atomic E-state index is -4.34. The number of nitrogens with one attached hydrogen (secondary N) is 1. The molecule has 0 amide bonds. The Morgan fingerprint density at radius 2 is 2.18 bits per heavy atom. The molecule has 124 valence electrons. The second kappa shape index (κ2) is 7.41. The van der Waals surface area contributed by atoms with E-state index in [-0.39, 0.29) is 12.6 Å². The molecule has 0 saturated carbocycles. The van der Waals surface area contributed by atoms with Gasteiger partial charge in [0.05, 0.1) is 12.2 Å². The van der Waals surface area contributed by atoms with Gasteiger partial charge in [0.2, 0.25) is 0 Å². The number of halogens is 3. The van der Waals surface area contributed by atoms with Crippen molar-refractivity contribution in [3.05, 3.63) is 34.9 Å². The van der Waals surface area contributed by atoms with Crippen LogP contribution in [0.25, 0.3) is 0 Å². The van der Waals surface area contributed by atoms with Crippen LogP contribution in [0.5, 0.6) is 0 Å². The third-order valence-electron chi connectivity index (χ3n) is 3.99. The van der Waals surface area contributed by atoms with E-state index in [1.807, 2.05) is 0 Å². The zero-order valence-electron chi connectivity index (χ0n) is 12.6. The topological polar surface area (TPSA) is 50.5 Å². The molecule has 0 bridgehead atoms. The highest BCUT2D eigenvalue weighted by Gasteiger charge is 2.32. The number of rotatable bonds is 5. The number of nitrogens with two attached hydrogens (primary N) is 1. The Labute approximate surface area is 128 Å². The van der Waals surface area contributed by atoms with Crippen molar-refractivity contribution in [2.75, 3.05) is 39.9 Å². The van der Waals surface area contributed by atoms with Gasteiger partial charge in [0, 0.05) is 45.9 Å². The van der Waals surface area contributed by atoms with E-state index in [2.05, 4.69) is 10.2 Å². The van der Waals surface area contributed by atoms with Gasteiger partial charge in [-0.1, -0.05) is 6.07 Å². The van der Waals surface area contributed by atoms with E-state index >= 15 is 0 Å². The predicted molar refractivity (Wildman–Crippen MR) is 78.4 cm³/mol. The first-order chi connectivity index (χ1) is 10.5. The minimum Gasteiger partial charge on any atom is -0.383 e. The lowest BCUT2D eigenvalue weighted by Crippen LogP contribution is -2.47. The van der Waals surface area contributed by atoms with E-state index in [0.717, 1.165) is 31.3 Å². The Kier molecular flexibility index (Phi) is 5.80. The molecule has 0 aliphatic carbocycles. The quantitative estimate of drug-likeness (QED) is 0.869. The number of alkyl halides is 3. The molecular weight excluding hydrogens is 295 g/mol. The van der Waals surface area contributed by atoms with Gasteiger partial charge >= 0.3 is 6.18 Å². The molecule has 1 aromatic rings. The molecule has 1 saturated heterocycles. The van der Waals surface area contributed by atoms with Crippen LogP contribution in [0.4, 0.5) is 13.2 Å². The van der Waals surface area contributed by atoms with Crippen molar-refractivity contribution in [1.82, 2.24) is 10.2 Å². The standard InChI is InChI=1S/C15H22F3N3O/c1-22-7-6-21-5-4-20-10-14(21)13-3-2-12(15(16,17)18)8-11(13)9-19/h2-3,8,14,20H,4-7,9-10,19H2,1H3. The van der Waals surface area contributed by atoms with Crippen molar-refractivity contribution in [2.24, 2.45) is 5.73 Å². The van der Waals surface area contributed by atoms with E-state index in [1.165, 1.54) is 6.07 Å². The second-order valence-electron chi connectivity index (χ2n) is 5.36. The second-order valence-corrected chi connectivity index (χ2v) is 5.36. The monoisotopic (exact) mass is 317 g/mol. The van der Waals surface area contributed by atoms with Gasteiger partial charge in [-0.15, -0.1) is 0 Å². The predicted octanol–water partition coefficient (Wildman–Crippen LogP) is 1.76. The maximum atomic E-state index is 12.8. The SMILES string of the molecule is COCCN1CCNCC1c1ccc(C(F)(F)F)cc1CN. The Morgan fingerprint density at radius 1 is 1.41 bits per heavy atom. The molecule has 1 aliphatic rings. The molecule has 1 aliphatic heterocycles. The van der Waals surface area contributed by atoms with E-state index < -0.39 is 11.7 Å². The van der Waals surface area contributed by atoms with Gasteiger partial charge in [-0.2, -0.15) is 13.2 Å². The van der Waals surface area contributed by atoms with E-state index in [0.29, 0.717) is 18.7 Å². The highest BCUT2D eigenvalue weighted by Crippen LogP contribution is 2.33. The Bertz CT molecular complexity index is 493. The first kappa shape index (κ1) is 17.2. The van der Waals surface area contributed by atoms with E-state index in [9.17, 15) is 13.2 Å². The average Bonchev–Trinajstić information content (AvgIpc) is 2.51. The highest BCUT2D eigenvalue weighted by atomic mass is 19.4. The Hall–Kier alpha value is -1.15. The van der Waals surface area contributed by atoms with Crippen LogP contribution in [0.2, 0.25) is 0 Å². The Balaban J connectivity index is 2.28. The van der Waals surface area contributed by atoms with Crippen LogP contribution in [-0.4, -0.2) is 44.8 Å².